The number of aromatic nitrogens is 1. The maximum Gasteiger partial charge on any atom is 0.356 e. The second-order valence-electron chi connectivity index (χ2n) is 4.17. The smallest absolute Gasteiger partial charge is 0.356 e. The molecular formula is C13H12ClNO2S. The van der Waals surface area contributed by atoms with Gasteiger partial charge in [-0.05, 0) is 6.07 Å². The van der Waals surface area contributed by atoms with E-state index in [1.807, 2.05) is 32.0 Å². The standard InChI is InChI=1S/C13H12ClNO2S/c1-7(2)12-15-10(13(16)17)11(18-12)8-5-3-4-6-9(8)14/h3-7H,1-2H3,(H,16,17). The van der Waals surface area contributed by atoms with Crippen LogP contribution < -0.4 is 0 Å². The van der Waals surface area contributed by atoms with Gasteiger partial charge in [-0.15, -0.1) is 11.3 Å². The fourth-order valence-electron chi connectivity index (χ4n) is 1.56. The molecule has 0 saturated heterocycles. The van der Waals surface area contributed by atoms with Crippen LogP contribution in [0.4, 0.5) is 0 Å². The minimum atomic E-state index is -1.02. The van der Waals surface area contributed by atoms with Crippen LogP contribution in [-0.2, 0) is 0 Å². The van der Waals surface area contributed by atoms with Crippen LogP contribution in [0.15, 0.2) is 24.3 Å². The molecular weight excluding hydrogens is 270 g/mol. The number of nitrogens with zero attached hydrogens (tertiary/aromatic N) is 1. The third-order valence-electron chi connectivity index (χ3n) is 2.46. The number of hydrogen-bond acceptors (Lipinski definition) is 3. The fraction of sp³-hybridized carbons (Fsp3) is 0.231. The Kier molecular flexibility index (Phi) is 3.68. The summed E-state index contributed by atoms with van der Waals surface area (Å²) in [7, 11) is 0. The van der Waals surface area contributed by atoms with E-state index in [4.69, 9.17) is 11.6 Å². The minimum Gasteiger partial charge on any atom is -0.476 e. The molecule has 3 nitrogen and oxygen atoms in total. The van der Waals surface area contributed by atoms with Crippen molar-refractivity contribution in [2.45, 2.75) is 19.8 Å². The number of carboxylic acid groups (broad SMARTS) is 1. The predicted molar refractivity (Wildman–Crippen MR) is 73.6 cm³/mol. The van der Waals surface area contributed by atoms with E-state index in [0.29, 0.717) is 9.90 Å². The fourth-order valence-corrected chi connectivity index (χ4v) is 2.94. The van der Waals surface area contributed by atoms with Crippen LogP contribution in [0.2, 0.25) is 5.02 Å². The maximum atomic E-state index is 11.2. The van der Waals surface area contributed by atoms with Crippen LogP contribution in [0.25, 0.3) is 10.4 Å². The summed E-state index contributed by atoms with van der Waals surface area (Å²) in [5.41, 5.74) is 0.803. The number of hydrogen-bond donors (Lipinski definition) is 1. The molecule has 1 aromatic heterocycles. The maximum absolute atomic E-state index is 11.2. The second kappa shape index (κ2) is 5.08. The van der Waals surface area contributed by atoms with Crippen molar-refractivity contribution < 1.29 is 9.90 Å². The summed E-state index contributed by atoms with van der Waals surface area (Å²) in [5.74, 6) is -0.822. The summed E-state index contributed by atoms with van der Waals surface area (Å²) < 4.78 is 0. The lowest BCUT2D eigenvalue weighted by molar-refractivity contribution is 0.0692. The third-order valence-corrected chi connectivity index (χ3v) is 4.18. The highest BCUT2D eigenvalue weighted by atomic mass is 35.5. The summed E-state index contributed by atoms with van der Waals surface area (Å²) in [6, 6.07) is 7.21. The topological polar surface area (TPSA) is 50.2 Å². The highest BCUT2D eigenvalue weighted by Crippen LogP contribution is 2.37. The van der Waals surface area contributed by atoms with E-state index in [1.54, 1.807) is 6.07 Å². The van der Waals surface area contributed by atoms with Crippen molar-refractivity contribution in [2.75, 3.05) is 0 Å². The van der Waals surface area contributed by atoms with Gasteiger partial charge in [-0.1, -0.05) is 43.6 Å². The molecule has 0 saturated carbocycles. The van der Waals surface area contributed by atoms with E-state index in [9.17, 15) is 9.90 Å². The zero-order valence-electron chi connectivity index (χ0n) is 9.98. The molecule has 2 aromatic rings. The molecule has 94 valence electrons. The molecule has 5 heteroatoms. The van der Waals surface area contributed by atoms with Gasteiger partial charge < -0.3 is 5.11 Å². The average Bonchev–Trinajstić information content (AvgIpc) is 2.74. The highest BCUT2D eigenvalue weighted by molar-refractivity contribution is 7.15. The van der Waals surface area contributed by atoms with Crippen LogP contribution >= 0.6 is 22.9 Å². The number of carbonyl (C=O) groups is 1. The molecule has 0 bridgehead atoms. The molecule has 18 heavy (non-hydrogen) atoms. The third kappa shape index (κ3) is 2.40. The van der Waals surface area contributed by atoms with E-state index < -0.39 is 5.97 Å². The molecule has 1 N–H and O–H groups in total. The Balaban J connectivity index is 2.63. The number of halogens is 1. The Morgan fingerprint density at radius 2 is 2.06 bits per heavy atom. The summed E-state index contributed by atoms with van der Waals surface area (Å²) in [5, 5.41) is 10.6. The van der Waals surface area contributed by atoms with Gasteiger partial charge in [0, 0.05) is 16.5 Å². The Morgan fingerprint density at radius 1 is 1.39 bits per heavy atom. The van der Waals surface area contributed by atoms with E-state index in [-0.39, 0.29) is 11.6 Å². The summed E-state index contributed by atoms with van der Waals surface area (Å²) in [4.78, 5) is 16.1. The monoisotopic (exact) mass is 281 g/mol. The van der Waals surface area contributed by atoms with Crippen LogP contribution in [0.1, 0.15) is 35.3 Å². The number of benzene rings is 1. The lowest BCUT2D eigenvalue weighted by Crippen LogP contribution is -1.99. The normalized spacial score (nSPS) is 10.9. The highest BCUT2D eigenvalue weighted by Gasteiger charge is 2.21. The first-order chi connectivity index (χ1) is 8.50. The Labute approximate surface area is 114 Å². The molecule has 1 heterocycles. The van der Waals surface area contributed by atoms with E-state index in [0.717, 1.165) is 10.6 Å². The molecule has 0 aliphatic heterocycles. The van der Waals surface area contributed by atoms with Gasteiger partial charge in [-0.2, -0.15) is 0 Å². The number of thiazole rings is 1. The van der Waals surface area contributed by atoms with Crippen molar-refractivity contribution in [3.63, 3.8) is 0 Å². The second-order valence-corrected chi connectivity index (χ2v) is 5.61. The zero-order chi connectivity index (χ0) is 13.3. The van der Waals surface area contributed by atoms with Gasteiger partial charge >= 0.3 is 5.97 Å². The molecule has 0 fully saturated rings. The Hall–Kier alpha value is -1.39. The van der Waals surface area contributed by atoms with Crippen LogP contribution in [0.5, 0.6) is 0 Å². The summed E-state index contributed by atoms with van der Waals surface area (Å²) in [6.45, 7) is 3.97. The molecule has 0 radical (unpaired) electrons. The van der Waals surface area contributed by atoms with Crippen LogP contribution in [0, 0.1) is 0 Å². The Bertz CT molecular complexity index is 592. The van der Waals surface area contributed by atoms with Gasteiger partial charge in [0.25, 0.3) is 0 Å². The lowest BCUT2D eigenvalue weighted by atomic mass is 10.1. The first-order valence-electron chi connectivity index (χ1n) is 5.49. The molecule has 1 aromatic carbocycles. The van der Waals surface area contributed by atoms with E-state index in [2.05, 4.69) is 4.98 Å². The van der Waals surface area contributed by atoms with Crippen LogP contribution in [-0.4, -0.2) is 16.1 Å². The first-order valence-corrected chi connectivity index (χ1v) is 6.69. The molecule has 0 unspecified atom stereocenters. The average molecular weight is 282 g/mol. The largest absolute Gasteiger partial charge is 0.476 e. The molecule has 0 spiro atoms. The molecule has 0 atom stereocenters. The Morgan fingerprint density at radius 3 is 2.61 bits per heavy atom. The zero-order valence-corrected chi connectivity index (χ0v) is 11.5. The minimum absolute atomic E-state index is 0.0804. The van der Waals surface area contributed by atoms with E-state index >= 15 is 0 Å². The van der Waals surface area contributed by atoms with Crippen molar-refractivity contribution in [2.24, 2.45) is 0 Å². The number of carboxylic acids is 1. The SMILES string of the molecule is CC(C)c1nc(C(=O)O)c(-c2ccccc2Cl)s1. The molecule has 0 aliphatic rings. The van der Waals surface area contributed by atoms with Crippen LogP contribution in [0.3, 0.4) is 0 Å². The quantitative estimate of drug-likeness (QED) is 0.913. The van der Waals surface area contributed by atoms with Crippen molar-refractivity contribution in [3.8, 4) is 10.4 Å². The van der Waals surface area contributed by atoms with Crippen molar-refractivity contribution in [3.05, 3.63) is 40.0 Å². The van der Waals surface area contributed by atoms with Gasteiger partial charge in [0.2, 0.25) is 0 Å². The van der Waals surface area contributed by atoms with Gasteiger partial charge in [0.05, 0.1) is 9.88 Å². The van der Waals surface area contributed by atoms with Crippen molar-refractivity contribution in [1.29, 1.82) is 0 Å². The van der Waals surface area contributed by atoms with E-state index in [1.165, 1.54) is 11.3 Å². The van der Waals surface area contributed by atoms with Gasteiger partial charge in [-0.25, -0.2) is 9.78 Å². The van der Waals surface area contributed by atoms with Crippen molar-refractivity contribution >= 4 is 28.9 Å². The lowest BCUT2D eigenvalue weighted by Gasteiger charge is -2.01. The molecule has 0 amide bonds. The summed E-state index contributed by atoms with van der Waals surface area (Å²) in [6.07, 6.45) is 0. The summed E-state index contributed by atoms with van der Waals surface area (Å²) >= 11 is 7.50. The number of aromatic carboxylic acids is 1. The molecule has 0 aliphatic carbocycles. The first kappa shape index (κ1) is 13.1. The number of rotatable bonds is 3. The van der Waals surface area contributed by atoms with Gasteiger partial charge in [0.1, 0.15) is 0 Å². The van der Waals surface area contributed by atoms with Gasteiger partial charge in [-0.3, -0.25) is 0 Å². The van der Waals surface area contributed by atoms with Crippen molar-refractivity contribution in [1.82, 2.24) is 4.98 Å². The predicted octanol–water partition coefficient (Wildman–Crippen LogP) is 4.29. The van der Waals surface area contributed by atoms with Gasteiger partial charge in [0.15, 0.2) is 5.69 Å². The molecule has 2 rings (SSSR count).